The molecule has 0 aromatic carbocycles. The topological polar surface area (TPSA) is 20.3 Å². The lowest BCUT2D eigenvalue weighted by Gasteiger charge is -2.18. The van der Waals surface area contributed by atoms with E-state index in [1.54, 1.807) is 6.92 Å². The van der Waals surface area contributed by atoms with Crippen LogP contribution in [0.5, 0.6) is 0 Å². The highest BCUT2D eigenvalue weighted by Crippen LogP contribution is 2.11. The SMILES string of the molecule is C=C(C)CC(CN(C)C)C(C)=O. The van der Waals surface area contributed by atoms with Crippen LogP contribution in [-0.2, 0) is 4.79 Å². The van der Waals surface area contributed by atoms with Gasteiger partial charge in [-0.2, -0.15) is 0 Å². The molecule has 0 amide bonds. The molecular weight excluding hydrogens is 150 g/mol. The van der Waals surface area contributed by atoms with Crippen LogP contribution in [0.4, 0.5) is 0 Å². The van der Waals surface area contributed by atoms with Gasteiger partial charge in [-0.25, -0.2) is 0 Å². The van der Waals surface area contributed by atoms with Gasteiger partial charge in [-0.3, -0.25) is 4.79 Å². The predicted octanol–water partition coefficient (Wildman–Crippen LogP) is 1.72. The molecule has 0 N–H and O–H groups in total. The summed E-state index contributed by atoms with van der Waals surface area (Å²) in [6.07, 6.45) is 0.813. The smallest absolute Gasteiger partial charge is 0.134 e. The molecule has 0 spiro atoms. The van der Waals surface area contributed by atoms with Crippen molar-refractivity contribution < 1.29 is 4.79 Å². The number of Topliss-reactive ketones (excluding diaryl/α,β-unsaturated/α-hetero) is 1. The molecule has 12 heavy (non-hydrogen) atoms. The fraction of sp³-hybridized carbons (Fsp3) is 0.700. The lowest BCUT2D eigenvalue weighted by atomic mass is 9.97. The highest BCUT2D eigenvalue weighted by atomic mass is 16.1. The molecule has 0 aliphatic heterocycles. The van der Waals surface area contributed by atoms with Crippen LogP contribution in [-0.4, -0.2) is 31.3 Å². The molecule has 1 atom stereocenters. The summed E-state index contributed by atoms with van der Waals surface area (Å²) in [7, 11) is 3.96. The van der Waals surface area contributed by atoms with E-state index in [1.807, 2.05) is 25.9 Å². The average molecular weight is 169 g/mol. The van der Waals surface area contributed by atoms with Gasteiger partial charge in [-0.15, -0.1) is 6.58 Å². The third-order valence-electron chi connectivity index (χ3n) is 1.76. The second kappa shape index (κ2) is 5.09. The summed E-state index contributed by atoms with van der Waals surface area (Å²) < 4.78 is 0. The van der Waals surface area contributed by atoms with Gasteiger partial charge in [0.05, 0.1) is 0 Å². The van der Waals surface area contributed by atoms with E-state index in [1.165, 1.54) is 0 Å². The summed E-state index contributed by atoms with van der Waals surface area (Å²) in [6, 6.07) is 0. The van der Waals surface area contributed by atoms with Crippen LogP contribution < -0.4 is 0 Å². The number of rotatable bonds is 5. The number of ketones is 1. The Morgan fingerprint density at radius 1 is 1.42 bits per heavy atom. The van der Waals surface area contributed by atoms with Gasteiger partial charge in [-0.1, -0.05) is 5.57 Å². The summed E-state index contributed by atoms with van der Waals surface area (Å²) in [5, 5.41) is 0. The number of carbonyl (C=O) groups is 1. The Morgan fingerprint density at radius 2 is 1.92 bits per heavy atom. The van der Waals surface area contributed by atoms with Gasteiger partial charge in [0.25, 0.3) is 0 Å². The lowest BCUT2D eigenvalue weighted by Crippen LogP contribution is -2.26. The van der Waals surface area contributed by atoms with Gasteiger partial charge in [0.15, 0.2) is 0 Å². The van der Waals surface area contributed by atoms with Gasteiger partial charge >= 0.3 is 0 Å². The first kappa shape index (κ1) is 11.4. The number of carbonyl (C=O) groups excluding carboxylic acids is 1. The zero-order chi connectivity index (χ0) is 9.72. The minimum atomic E-state index is 0.123. The Kier molecular flexibility index (Phi) is 4.83. The van der Waals surface area contributed by atoms with Crippen molar-refractivity contribution >= 4 is 5.78 Å². The first-order valence-electron chi connectivity index (χ1n) is 4.23. The lowest BCUT2D eigenvalue weighted by molar-refractivity contribution is -0.121. The monoisotopic (exact) mass is 169 g/mol. The quantitative estimate of drug-likeness (QED) is 0.584. The first-order valence-corrected chi connectivity index (χ1v) is 4.23. The zero-order valence-corrected chi connectivity index (χ0v) is 8.55. The second-order valence-corrected chi connectivity index (χ2v) is 3.73. The van der Waals surface area contributed by atoms with Crippen molar-refractivity contribution in [3.05, 3.63) is 12.2 Å². The number of hydrogen-bond acceptors (Lipinski definition) is 2. The second-order valence-electron chi connectivity index (χ2n) is 3.73. The molecule has 0 aromatic rings. The van der Waals surface area contributed by atoms with Crippen molar-refractivity contribution in [2.45, 2.75) is 20.3 Å². The number of allylic oxidation sites excluding steroid dienone is 1. The summed E-state index contributed by atoms with van der Waals surface area (Å²) in [5.74, 6) is 0.379. The normalized spacial score (nSPS) is 13.1. The molecule has 1 unspecified atom stereocenters. The van der Waals surface area contributed by atoms with Crippen LogP contribution in [0.15, 0.2) is 12.2 Å². The van der Waals surface area contributed by atoms with Crippen molar-refractivity contribution in [3.63, 3.8) is 0 Å². The van der Waals surface area contributed by atoms with Crippen molar-refractivity contribution in [2.24, 2.45) is 5.92 Å². The molecule has 0 bridgehead atoms. The maximum absolute atomic E-state index is 11.1. The van der Waals surface area contributed by atoms with Gasteiger partial charge in [0.1, 0.15) is 5.78 Å². The largest absolute Gasteiger partial charge is 0.309 e. The molecule has 0 saturated carbocycles. The Balaban J connectivity index is 4.04. The van der Waals surface area contributed by atoms with Crippen molar-refractivity contribution in [3.8, 4) is 0 Å². The van der Waals surface area contributed by atoms with Gasteiger partial charge in [-0.05, 0) is 34.4 Å². The first-order chi connectivity index (χ1) is 5.43. The fourth-order valence-electron chi connectivity index (χ4n) is 1.20. The van der Waals surface area contributed by atoms with Crippen LogP contribution in [0.3, 0.4) is 0 Å². The van der Waals surface area contributed by atoms with E-state index >= 15 is 0 Å². The zero-order valence-electron chi connectivity index (χ0n) is 8.55. The highest BCUT2D eigenvalue weighted by molar-refractivity contribution is 5.78. The van der Waals surface area contributed by atoms with Crippen molar-refractivity contribution in [2.75, 3.05) is 20.6 Å². The van der Waals surface area contributed by atoms with E-state index in [9.17, 15) is 4.79 Å². The Labute approximate surface area is 75.3 Å². The molecule has 2 heteroatoms. The molecule has 0 fully saturated rings. The van der Waals surface area contributed by atoms with Crippen LogP contribution >= 0.6 is 0 Å². The van der Waals surface area contributed by atoms with Crippen LogP contribution in [0, 0.1) is 5.92 Å². The van der Waals surface area contributed by atoms with E-state index in [0.29, 0.717) is 0 Å². The Morgan fingerprint density at radius 3 is 2.17 bits per heavy atom. The van der Waals surface area contributed by atoms with Gasteiger partial charge < -0.3 is 4.90 Å². The Hall–Kier alpha value is -0.630. The molecule has 0 heterocycles. The summed E-state index contributed by atoms with van der Waals surface area (Å²) in [6.45, 7) is 8.25. The minimum absolute atomic E-state index is 0.123. The molecule has 70 valence electrons. The summed E-state index contributed by atoms with van der Waals surface area (Å²) in [5.41, 5.74) is 1.08. The van der Waals surface area contributed by atoms with E-state index in [2.05, 4.69) is 6.58 Å². The molecule has 0 aromatic heterocycles. The van der Waals surface area contributed by atoms with Gasteiger partial charge in [0.2, 0.25) is 0 Å². The maximum atomic E-state index is 11.1. The van der Waals surface area contributed by atoms with Crippen LogP contribution in [0.25, 0.3) is 0 Å². The third-order valence-corrected chi connectivity index (χ3v) is 1.76. The molecule has 0 aliphatic rings. The van der Waals surface area contributed by atoms with E-state index in [0.717, 1.165) is 18.5 Å². The van der Waals surface area contributed by atoms with E-state index in [4.69, 9.17) is 0 Å². The molecule has 0 radical (unpaired) electrons. The molecule has 0 saturated heterocycles. The maximum Gasteiger partial charge on any atom is 0.134 e. The standard InChI is InChI=1S/C10H19NO/c1-8(2)6-10(9(3)12)7-11(4)5/h10H,1,6-7H2,2-5H3. The van der Waals surface area contributed by atoms with Crippen LogP contribution in [0.1, 0.15) is 20.3 Å². The highest BCUT2D eigenvalue weighted by Gasteiger charge is 2.14. The fourth-order valence-corrected chi connectivity index (χ4v) is 1.20. The molecule has 0 rings (SSSR count). The van der Waals surface area contributed by atoms with Crippen molar-refractivity contribution in [1.29, 1.82) is 0 Å². The van der Waals surface area contributed by atoms with Crippen LogP contribution in [0.2, 0.25) is 0 Å². The van der Waals surface area contributed by atoms with Gasteiger partial charge in [0, 0.05) is 12.5 Å². The summed E-state index contributed by atoms with van der Waals surface area (Å²) >= 11 is 0. The predicted molar refractivity (Wildman–Crippen MR) is 52.2 cm³/mol. The average Bonchev–Trinajstić information content (AvgIpc) is 1.83. The van der Waals surface area contributed by atoms with Crippen molar-refractivity contribution in [1.82, 2.24) is 4.90 Å². The third kappa shape index (κ3) is 5.08. The molecule has 0 aliphatic carbocycles. The number of hydrogen-bond donors (Lipinski definition) is 0. The molecule has 2 nitrogen and oxygen atoms in total. The molecular formula is C10H19NO. The summed E-state index contributed by atoms with van der Waals surface area (Å²) in [4.78, 5) is 13.2. The van der Waals surface area contributed by atoms with E-state index in [-0.39, 0.29) is 11.7 Å². The number of nitrogens with zero attached hydrogens (tertiary/aromatic N) is 1. The van der Waals surface area contributed by atoms with E-state index < -0.39 is 0 Å². The Bertz CT molecular complexity index is 173. The minimum Gasteiger partial charge on any atom is -0.309 e.